The number of rotatable bonds is 5. The molecule has 0 spiro atoms. The van der Waals surface area contributed by atoms with Gasteiger partial charge in [-0.2, -0.15) is 13.2 Å². The SMILES string of the molecule is CNc1ncc(S(=O)(=O)N(C)CCC(F)(F)F)cc1Cl. The average Bonchev–Trinajstić information content (AvgIpc) is 2.34. The first kappa shape index (κ1) is 17.0. The maximum atomic E-state index is 12.1. The Hall–Kier alpha value is -1.06. The number of alkyl halides is 3. The molecule has 1 heterocycles. The highest BCUT2D eigenvalue weighted by Crippen LogP contribution is 2.25. The van der Waals surface area contributed by atoms with Crippen molar-refractivity contribution in [3.05, 3.63) is 17.3 Å². The first-order valence-corrected chi connectivity index (χ1v) is 7.26. The molecule has 0 aromatic carbocycles. The van der Waals surface area contributed by atoms with Crippen LogP contribution in [0.25, 0.3) is 0 Å². The van der Waals surface area contributed by atoms with Gasteiger partial charge in [-0.15, -0.1) is 0 Å². The molecule has 0 fully saturated rings. The van der Waals surface area contributed by atoms with Crippen LogP contribution in [0.15, 0.2) is 17.2 Å². The third-order valence-corrected chi connectivity index (χ3v) is 4.58. The van der Waals surface area contributed by atoms with Gasteiger partial charge in [-0.25, -0.2) is 17.7 Å². The van der Waals surface area contributed by atoms with E-state index in [1.54, 1.807) is 7.05 Å². The Kier molecular flexibility index (Phi) is 5.22. The number of aromatic nitrogens is 1. The molecule has 0 saturated heterocycles. The van der Waals surface area contributed by atoms with Crippen LogP contribution in [0.2, 0.25) is 5.02 Å². The number of nitrogens with one attached hydrogen (secondary N) is 1. The summed E-state index contributed by atoms with van der Waals surface area (Å²) in [6.07, 6.45) is -4.61. The van der Waals surface area contributed by atoms with Crippen molar-refractivity contribution >= 4 is 27.4 Å². The van der Waals surface area contributed by atoms with Gasteiger partial charge in [0.1, 0.15) is 10.7 Å². The van der Waals surface area contributed by atoms with E-state index in [0.717, 1.165) is 19.3 Å². The molecule has 1 aromatic heterocycles. The zero-order valence-electron chi connectivity index (χ0n) is 10.7. The van der Waals surface area contributed by atoms with Crippen molar-refractivity contribution in [1.29, 1.82) is 0 Å². The van der Waals surface area contributed by atoms with E-state index in [1.165, 1.54) is 0 Å². The Labute approximate surface area is 119 Å². The fourth-order valence-electron chi connectivity index (χ4n) is 1.33. The van der Waals surface area contributed by atoms with Crippen LogP contribution in [-0.2, 0) is 10.0 Å². The summed E-state index contributed by atoms with van der Waals surface area (Å²) in [5.41, 5.74) is 0. The van der Waals surface area contributed by atoms with Crippen molar-refractivity contribution in [3.8, 4) is 0 Å². The van der Waals surface area contributed by atoms with E-state index in [4.69, 9.17) is 11.6 Å². The second kappa shape index (κ2) is 6.15. The van der Waals surface area contributed by atoms with Gasteiger partial charge in [0.05, 0.1) is 11.4 Å². The second-order valence-corrected chi connectivity index (χ2v) is 6.40. The van der Waals surface area contributed by atoms with Crippen LogP contribution in [-0.4, -0.2) is 44.5 Å². The third-order valence-electron chi connectivity index (χ3n) is 2.47. The minimum atomic E-state index is -4.42. The Morgan fingerprint density at radius 1 is 1.45 bits per heavy atom. The van der Waals surface area contributed by atoms with E-state index in [0.29, 0.717) is 4.31 Å². The summed E-state index contributed by atoms with van der Waals surface area (Å²) in [5, 5.41) is 2.72. The van der Waals surface area contributed by atoms with Crippen LogP contribution < -0.4 is 5.32 Å². The van der Waals surface area contributed by atoms with Gasteiger partial charge in [-0.3, -0.25) is 0 Å². The number of sulfonamides is 1. The lowest BCUT2D eigenvalue weighted by Crippen LogP contribution is -2.30. The molecule has 1 rings (SSSR count). The number of nitrogens with zero attached hydrogens (tertiary/aromatic N) is 2. The third kappa shape index (κ3) is 4.22. The molecule has 0 radical (unpaired) electrons. The Balaban J connectivity index is 2.96. The number of anilines is 1. The molecule has 0 atom stereocenters. The summed E-state index contributed by atoms with van der Waals surface area (Å²) in [6.45, 7) is -0.669. The van der Waals surface area contributed by atoms with Crippen LogP contribution in [0.1, 0.15) is 6.42 Å². The predicted octanol–water partition coefficient (Wildman–Crippen LogP) is 2.35. The maximum absolute atomic E-state index is 12.1. The molecule has 20 heavy (non-hydrogen) atoms. The molecule has 0 amide bonds. The van der Waals surface area contributed by atoms with E-state index in [1.807, 2.05) is 0 Å². The van der Waals surface area contributed by atoms with Crippen LogP contribution >= 0.6 is 11.6 Å². The van der Waals surface area contributed by atoms with Crippen molar-refractivity contribution in [3.63, 3.8) is 0 Å². The molecule has 0 aliphatic rings. The second-order valence-electron chi connectivity index (χ2n) is 3.94. The molecule has 0 bridgehead atoms. The van der Waals surface area contributed by atoms with Crippen molar-refractivity contribution in [2.75, 3.05) is 26.0 Å². The molecule has 114 valence electrons. The molecule has 5 nitrogen and oxygen atoms in total. The summed E-state index contributed by atoms with van der Waals surface area (Å²) in [7, 11) is -1.43. The van der Waals surface area contributed by atoms with Crippen LogP contribution in [0.5, 0.6) is 0 Å². The summed E-state index contributed by atoms with van der Waals surface area (Å²) in [4.78, 5) is 3.52. The largest absolute Gasteiger partial charge is 0.390 e. The standard InChI is InChI=1S/C10H13ClF3N3O2S/c1-15-9-8(11)5-7(6-16-9)20(18,19)17(2)4-3-10(12,13)14/h5-6H,3-4H2,1-2H3,(H,15,16). The highest BCUT2D eigenvalue weighted by Gasteiger charge is 2.30. The lowest BCUT2D eigenvalue weighted by Gasteiger charge is -2.18. The van der Waals surface area contributed by atoms with E-state index in [2.05, 4.69) is 10.3 Å². The first-order chi connectivity index (χ1) is 9.08. The average molecular weight is 332 g/mol. The summed E-state index contributed by atoms with van der Waals surface area (Å²) >= 11 is 5.80. The minimum Gasteiger partial charge on any atom is -0.372 e. The predicted molar refractivity (Wildman–Crippen MR) is 69.3 cm³/mol. The quantitative estimate of drug-likeness (QED) is 0.899. The Bertz CT molecular complexity index is 578. The Morgan fingerprint density at radius 3 is 2.50 bits per heavy atom. The topological polar surface area (TPSA) is 62.3 Å². The van der Waals surface area contributed by atoms with Crippen LogP contribution in [0.3, 0.4) is 0 Å². The fourth-order valence-corrected chi connectivity index (χ4v) is 2.80. The molecule has 0 aliphatic carbocycles. The molecule has 10 heteroatoms. The van der Waals surface area contributed by atoms with E-state index < -0.39 is 29.2 Å². The zero-order valence-corrected chi connectivity index (χ0v) is 12.3. The van der Waals surface area contributed by atoms with Crippen LogP contribution in [0, 0.1) is 0 Å². The van der Waals surface area contributed by atoms with Gasteiger partial charge in [0.15, 0.2) is 0 Å². The molecular formula is C10H13ClF3N3O2S. The van der Waals surface area contributed by atoms with E-state index in [9.17, 15) is 21.6 Å². The van der Waals surface area contributed by atoms with Crippen molar-refractivity contribution in [2.45, 2.75) is 17.5 Å². The van der Waals surface area contributed by atoms with E-state index in [-0.39, 0.29) is 15.7 Å². The van der Waals surface area contributed by atoms with Gasteiger partial charge >= 0.3 is 6.18 Å². The van der Waals surface area contributed by atoms with Gasteiger partial charge in [0, 0.05) is 26.8 Å². The first-order valence-electron chi connectivity index (χ1n) is 5.44. The normalized spacial score (nSPS) is 12.8. The number of pyridine rings is 1. The molecule has 1 aromatic rings. The van der Waals surface area contributed by atoms with Gasteiger partial charge in [-0.1, -0.05) is 11.6 Å². The number of hydrogen-bond acceptors (Lipinski definition) is 4. The van der Waals surface area contributed by atoms with Crippen molar-refractivity contribution in [2.24, 2.45) is 0 Å². The van der Waals surface area contributed by atoms with Gasteiger partial charge in [0.25, 0.3) is 0 Å². The lowest BCUT2D eigenvalue weighted by molar-refractivity contribution is -0.135. The van der Waals surface area contributed by atoms with Crippen molar-refractivity contribution < 1.29 is 21.6 Å². The zero-order chi connectivity index (χ0) is 15.6. The molecule has 0 saturated carbocycles. The summed E-state index contributed by atoms with van der Waals surface area (Å²) < 4.78 is 61.0. The maximum Gasteiger partial charge on any atom is 0.390 e. The fraction of sp³-hybridized carbons (Fsp3) is 0.500. The monoisotopic (exact) mass is 331 g/mol. The van der Waals surface area contributed by atoms with Crippen molar-refractivity contribution in [1.82, 2.24) is 9.29 Å². The number of hydrogen-bond donors (Lipinski definition) is 1. The van der Waals surface area contributed by atoms with Gasteiger partial charge in [-0.05, 0) is 6.07 Å². The number of halogens is 4. The molecule has 0 unspecified atom stereocenters. The highest BCUT2D eigenvalue weighted by molar-refractivity contribution is 7.89. The highest BCUT2D eigenvalue weighted by atomic mass is 35.5. The van der Waals surface area contributed by atoms with E-state index >= 15 is 0 Å². The molecular weight excluding hydrogens is 319 g/mol. The summed E-state index contributed by atoms with van der Waals surface area (Å²) in [5.74, 6) is 0.281. The minimum absolute atomic E-state index is 0.0674. The molecule has 0 aliphatic heterocycles. The Morgan fingerprint density at radius 2 is 2.05 bits per heavy atom. The lowest BCUT2D eigenvalue weighted by atomic mass is 10.4. The smallest absolute Gasteiger partial charge is 0.372 e. The summed E-state index contributed by atoms with van der Waals surface area (Å²) in [6, 6.07) is 1.14. The van der Waals surface area contributed by atoms with Gasteiger partial charge < -0.3 is 5.32 Å². The van der Waals surface area contributed by atoms with Gasteiger partial charge in [0.2, 0.25) is 10.0 Å². The van der Waals surface area contributed by atoms with Crippen LogP contribution in [0.4, 0.5) is 19.0 Å². The molecule has 1 N–H and O–H groups in total.